The molecule has 0 aromatic heterocycles. The van der Waals surface area contributed by atoms with Crippen LogP contribution in [0.2, 0.25) is 0 Å². The van der Waals surface area contributed by atoms with Crippen molar-refractivity contribution < 1.29 is 9.90 Å². The second-order valence-electron chi connectivity index (χ2n) is 4.33. The molecule has 3 heteroatoms. The van der Waals surface area contributed by atoms with Crippen LogP contribution in [0.25, 0.3) is 0 Å². The van der Waals surface area contributed by atoms with Gasteiger partial charge in [-0.15, -0.1) is 0 Å². The van der Waals surface area contributed by atoms with E-state index in [2.05, 4.69) is 11.4 Å². The second-order valence-corrected chi connectivity index (χ2v) is 4.33. The third kappa shape index (κ3) is 1.95. The Kier molecular flexibility index (Phi) is 3.25. The normalized spacial score (nSPS) is 19.2. The predicted molar refractivity (Wildman–Crippen MR) is 63.0 cm³/mol. The van der Waals surface area contributed by atoms with Crippen LogP contribution in [0.3, 0.4) is 0 Å². The van der Waals surface area contributed by atoms with Crippen molar-refractivity contribution in [3.05, 3.63) is 34.9 Å². The zero-order chi connectivity index (χ0) is 11.5. The highest BCUT2D eigenvalue weighted by Crippen LogP contribution is 2.33. The molecule has 0 aliphatic heterocycles. The first-order chi connectivity index (χ1) is 7.74. The van der Waals surface area contributed by atoms with Crippen LogP contribution in [0.1, 0.15) is 40.2 Å². The lowest BCUT2D eigenvalue weighted by Crippen LogP contribution is -2.22. The fraction of sp³-hybridized carbons (Fsp3) is 0.462. The first-order valence-corrected chi connectivity index (χ1v) is 5.73. The fourth-order valence-electron chi connectivity index (χ4n) is 2.61. The fourth-order valence-corrected chi connectivity index (χ4v) is 2.61. The summed E-state index contributed by atoms with van der Waals surface area (Å²) in [6, 6.07) is 5.64. The van der Waals surface area contributed by atoms with Crippen LogP contribution in [0, 0.1) is 0 Å². The number of hydrogen-bond acceptors (Lipinski definition) is 2. The summed E-state index contributed by atoms with van der Waals surface area (Å²) >= 11 is 0. The van der Waals surface area contributed by atoms with Gasteiger partial charge in [0.1, 0.15) is 0 Å². The van der Waals surface area contributed by atoms with E-state index in [0.29, 0.717) is 11.5 Å². The summed E-state index contributed by atoms with van der Waals surface area (Å²) in [5.41, 5.74) is 2.75. The summed E-state index contributed by atoms with van der Waals surface area (Å²) in [5, 5.41) is 12.3. The molecule has 16 heavy (non-hydrogen) atoms. The maximum absolute atomic E-state index is 11.1. The molecule has 1 aromatic carbocycles. The van der Waals surface area contributed by atoms with E-state index < -0.39 is 5.97 Å². The molecule has 2 rings (SSSR count). The van der Waals surface area contributed by atoms with Crippen molar-refractivity contribution in [3.63, 3.8) is 0 Å². The maximum Gasteiger partial charge on any atom is 0.335 e. The van der Waals surface area contributed by atoms with Crippen molar-refractivity contribution in [2.24, 2.45) is 0 Å². The Morgan fingerprint density at radius 2 is 2.38 bits per heavy atom. The summed E-state index contributed by atoms with van der Waals surface area (Å²) in [4.78, 5) is 11.1. The van der Waals surface area contributed by atoms with E-state index in [1.807, 2.05) is 13.1 Å². The zero-order valence-electron chi connectivity index (χ0n) is 9.49. The van der Waals surface area contributed by atoms with E-state index in [0.717, 1.165) is 31.4 Å². The smallest absolute Gasteiger partial charge is 0.335 e. The number of carboxylic acids is 1. The lowest BCUT2D eigenvalue weighted by molar-refractivity contribution is 0.0695. The molecule has 0 spiro atoms. The summed E-state index contributed by atoms with van der Waals surface area (Å²) in [5.74, 6) is -0.338. The molecule has 1 unspecified atom stereocenters. The van der Waals surface area contributed by atoms with Crippen LogP contribution in [-0.4, -0.2) is 24.7 Å². The van der Waals surface area contributed by atoms with Crippen LogP contribution in [-0.2, 0) is 6.42 Å². The molecule has 0 bridgehead atoms. The highest BCUT2D eigenvalue weighted by molar-refractivity contribution is 5.90. The van der Waals surface area contributed by atoms with Crippen molar-refractivity contribution in [3.8, 4) is 0 Å². The van der Waals surface area contributed by atoms with Crippen LogP contribution < -0.4 is 5.32 Å². The number of carboxylic acid groups (broad SMARTS) is 1. The Morgan fingerprint density at radius 3 is 3.06 bits per heavy atom. The van der Waals surface area contributed by atoms with E-state index in [9.17, 15) is 4.79 Å². The van der Waals surface area contributed by atoms with Crippen molar-refractivity contribution >= 4 is 5.97 Å². The quantitative estimate of drug-likeness (QED) is 0.817. The molecule has 3 nitrogen and oxygen atoms in total. The number of hydrogen-bond donors (Lipinski definition) is 2. The van der Waals surface area contributed by atoms with Crippen molar-refractivity contribution in [1.29, 1.82) is 0 Å². The lowest BCUT2D eigenvalue weighted by Gasteiger charge is -2.26. The minimum absolute atomic E-state index is 0.466. The summed E-state index contributed by atoms with van der Waals surface area (Å²) < 4.78 is 0. The number of benzene rings is 1. The average molecular weight is 219 g/mol. The van der Waals surface area contributed by atoms with Crippen molar-refractivity contribution in [1.82, 2.24) is 5.32 Å². The van der Waals surface area contributed by atoms with Crippen LogP contribution in [0.4, 0.5) is 0 Å². The first-order valence-electron chi connectivity index (χ1n) is 5.73. The Hall–Kier alpha value is -1.35. The summed E-state index contributed by atoms with van der Waals surface area (Å²) in [6.07, 6.45) is 3.14. The first kappa shape index (κ1) is 11.1. The van der Waals surface area contributed by atoms with E-state index in [1.54, 1.807) is 6.07 Å². The number of fused-ring (bicyclic) bond motifs is 1. The van der Waals surface area contributed by atoms with Crippen LogP contribution >= 0.6 is 0 Å². The van der Waals surface area contributed by atoms with Gasteiger partial charge in [-0.2, -0.15) is 0 Å². The maximum atomic E-state index is 11.1. The minimum atomic E-state index is -0.804. The van der Waals surface area contributed by atoms with E-state index >= 15 is 0 Å². The molecule has 0 fully saturated rings. The molecule has 1 aliphatic rings. The van der Waals surface area contributed by atoms with E-state index in [-0.39, 0.29) is 0 Å². The molecule has 86 valence electrons. The van der Waals surface area contributed by atoms with Gasteiger partial charge in [-0.1, -0.05) is 12.1 Å². The van der Waals surface area contributed by atoms with E-state index in [1.165, 1.54) is 5.56 Å². The zero-order valence-corrected chi connectivity index (χ0v) is 9.49. The van der Waals surface area contributed by atoms with Gasteiger partial charge in [-0.3, -0.25) is 0 Å². The monoisotopic (exact) mass is 219 g/mol. The van der Waals surface area contributed by atoms with Gasteiger partial charge < -0.3 is 10.4 Å². The van der Waals surface area contributed by atoms with Gasteiger partial charge in [0.15, 0.2) is 0 Å². The second kappa shape index (κ2) is 4.66. The molecular weight excluding hydrogens is 202 g/mol. The van der Waals surface area contributed by atoms with Crippen LogP contribution in [0.5, 0.6) is 0 Å². The van der Waals surface area contributed by atoms with Gasteiger partial charge in [0.25, 0.3) is 0 Å². The molecule has 0 saturated heterocycles. The number of rotatable bonds is 3. The Bertz CT molecular complexity index is 401. The van der Waals surface area contributed by atoms with Crippen LogP contribution in [0.15, 0.2) is 18.2 Å². The standard InChI is InChI=1S/C13H17NO2/c1-14-8-9-4-2-6-11-10(9)5-3-7-12(11)13(15)16/h3,5,7,9,14H,2,4,6,8H2,1H3,(H,15,16). The summed E-state index contributed by atoms with van der Waals surface area (Å²) in [6.45, 7) is 0.927. The largest absolute Gasteiger partial charge is 0.478 e. The number of aromatic carboxylic acids is 1. The number of nitrogens with one attached hydrogen (secondary N) is 1. The molecule has 0 heterocycles. The van der Waals surface area contributed by atoms with Gasteiger partial charge in [0.2, 0.25) is 0 Å². The van der Waals surface area contributed by atoms with Crippen molar-refractivity contribution in [2.75, 3.05) is 13.6 Å². The highest BCUT2D eigenvalue weighted by Gasteiger charge is 2.23. The van der Waals surface area contributed by atoms with Gasteiger partial charge in [0.05, 0.1) is 5.56 Å². The Morgan fingerprint density at radius 1 is 1.56 bits per heavy atom. The van der Waals surface area contributed by atoms with Gasteiger partial charge in [-0.05, 0) is 49.4 Å². The summed E-state index contributed by atoms with van der Waals surface area (Å²) in [7, 11) is 1.94. The lowest BCUT2D eigenvalue weighted by atomic mass is 9.80. The molecule has 1 aromatic rings. The Balaban J connectivity index is 2.42. The molecule has 1 aliphatic carbocycles. The topological polar surface area (TPSA) is 49.3 Å². The molecule has 1 atom stereocenters. The molecule has 0 amide bonds. The molecule has 0 saturated carbocycles. The minimum Gasteiger partial charge on any atom is -0.478 e. The third-order valence-corrected chi connectivity index (χ3v) is 3.31. The molecule has 0 radical (unpaired) electrons. The van der Waals surface area contributed by atoms with Gasteiger partial charge in [0, 0.05) is 6.54 Å². The number of likely N-dealkylation sites (N-methyl/N-ethyl adjacent to an activating group) is 1. The molecular formula is C13H17NO2. The Labute approximate surface area is 95.5 Å². The number of carbonyl (C=O) groups is 1. The average Bonchev–Trinajstić information content (AvgIpc) is 2.29. The van der Waals surface area contributed by atoms with Gasteiger partial charge in [-0.25, -0.2) is 4.79 Å². The third-order valence-electron chi connectivity index (χ3n) is 3.31. The predicted octanol–water partition coefficient (Wildman–Crippen LogP) is 2.02. The molecule has 2 N–H and O–H groups in total. The van der Waals surface area contributed by atoms with E-state index in [4.69, 9.17) is 5.11 Å². The van der Waals surface area contributed by atoms with Crippen molar-refractivity contribution in [2.45, 2.75) is 25.2 Å². The highest BCUT2D eigenvalue weighted by atomic mass is 16.4. The SMILES string of the molecule is CNCC1CCCc2c(C(=O)O)cccc21. The van der Waals surface area contributed by atoms with Gasteiger partial charge >= 0.3 is 5.97 Å².